The number of amidine groups is 1. The van der Waals surface area contributed by atoms with Crippen LogP contribution in [0.1, 0.15) is 104 Å². The van der Waals surface area contributed by atoms with Crippen LogP contribution in [0.15, 0.2) is 32.8 Å². The maximum absolute atomic E-state index is 13.7. The van der Waals surface area contributed by atoms with Crippen molar-refractivity contribution in [3.8, 4) is 0 Å². The fourth-order valence-electron chi connectivity index (χ4n) is 6.72. The van der Waals surface area contributed by atoms with Gasteiger partial charge in [0.2, 0.25) is 0 Å². The van der Waals surface area contributed by atoms with Gasteiger partial charge in [-0.3, -0.25) is 24.4 Å². The van der Waals surface area contributed by atoms with Crippen molar-refractivity contribution in [3.63, 3.8) is 0 Å². The number of benzene rings is 2. The Kier molecular flexibility index (Phi) is 7.92. The Morgan fingerprint density at radius 3 is 2.00 bits per heavy atom. The van der Waals surface area contributed by atoms with Crippen LogP contribution in [0.5, 0.6) is 0 Å². The summed E-state index contributed by atoms with van der Waals surface area (Å²) in [5, 5.41) is 14.0. The summed E-state index contributed by atoms with van der Waals surface area (Å²) in [5.74, 6) is -0.453. The average molecular weight is 547 g/mol. The van der Waals surface area contributed by atoms with E-state index < -0.39 is 23.0 Å². The van der Waals surface area contributed by atoms with E-state index in [2.05, 4.69) is 24.1 Å². The van der Waals surface area contributed by atoms with E-state index >= 15 is 0 Å². The van der Waals surface area contributed by atoms with Crippen molar-refractivity contribution in [2.75, 3.05) is 0 Å². The normalized spacial score (nSPS) is 23.9. The van der Waals surface area contributed by atoms with Gasteiger partial charge in [0.1, 0.15) is 5.84 Å². The number of carboxylic acid groups (broad SMARTS) is 1. The number of rotatable bonds is 7. The van der Waals surface area contributed by atoms with Gasteiger partial charge in [-0.2, -0.15) is 0 Å². The van der Waals surface area contributed by atoms with E-state index in [9.17, 15) is 24.3 Å². The summed E-state index contributed by atoms with van der Waals surface area (Å²) in [4.78, 5) is 59.5. The molecule has 2 heterocycles. The van der Waals surface area contributed by atoms with Crippen LogP contribution in [0, 0.1) is 11.8 Å². The Labute approximate surface area is 232 Å². The number of H-pyrrole nitrogens is 1. The molecule has 0 unspecified atom stereocenters. The van der Waals surface area contributed by atoms with Gasteiger partial charge >= 0.3 is 5.97 Å². The quantitative estimate of drug-likeness (QED) is 0.252. The molecule has 2 bridgehead atoms. The van der Waals surface area contributed by atoms with Crippen molar-refractivity contribution in [1.82, 2.24) is 10.3 Å². The number of fused-ring (bicyclic) bond motifs is 3. The number of aromatic amines is 1. The first-order valence-electron chi connectivity index (χ1n) is 14.6. The van der Waals surface area contributed by atoms with Crippen molar-refractivity contribution >= 4 is 39.3 Å². The third-order valence-electron chi connectivity index (χ3n) is 9.20. The maximum Gasteiger partial charge on any atom is 0.336 e. The van der Waals surface area contributed by atoms with E-state index in [0.29, 0.717) is 11.8 Å². The maximum atomic E-state index is 13.7. The van der Waals surface area contributed by atoms with Crippen LogP contribution in [-0.2, 0) is 0 Å². The predicted octanol–water partition coefficient (Wildman–Crippen LogP) is 4.55. The molecule has 2 saturated carbocycles. The molecular weight excluding hydrogens is 508 g/mol. The molecule has 9 nitrogen and oxygen atoms in total. The Morgan fingerprint density at radius 2 is 1.45 bits per heavy atom. The Morgan fingerprint density at radius 1 is 0.900 bits per heavy atom. The summed E-state index contributed by atoms with van der Waals surface area (Å²) in [5.41, 5.74) is 5.15. The first kappa shape index (κ1) is 27.8. The molecule has 2 fully saturated rings. The van der Waals surface area contributed by atoms with Gasteiger partial charge in [0, 0.05) is 38.7 Å². The lowest BCUT2D eigenvalue weighted by Gasteiger charge is -2.28. The van der Waals surface area contributed by atoms with Gasteiger partial charge < -0.3 is 16.2 Å². The molecule has 40 heavy (non-hydrogen) atoms. The minimum absolute atomic E-state index is 0.00717. The van der Waals surface area contributed by atoms with E-state index in [-0.39, 0.29) is 56.2 Å². The lowest BCUT2D eigenvalue weighted by Crippen LogP contribution is -2.38. The predicted molar refractivity (Wildman–Crippen MR) is 157 cm³/mol. The molecule has 0 spiro atoms. The zero-order chi connectivity index (χ0) is 28.6. The summed E-state index contributed by atoms with van der Waals surface area (Å²) in [6.07, 6.45) is 9.65. The second-order valence-electron chi connectivity index (χ2n) is 11.5. The number of nitrogens with one attached hydrogen (secondary N) is 2. The highest BCUT2D eigenvalue weighted by atomic mass is 16.4. The number of amides is 1. The minimum Gasteiger partial charge on any atom is -0.478 e. The van der Waals surface area contributed by atoms with Crippen LogP contribution in [0.2, 0.25) is 0 Å². The Bertz CT molecular complexity index is 1580. The highest BCUT2D eigenvalue weighted by molar-refractivity contribution is 6.27. The number of carbonyl (C=O) groups excluding carboxylic acids is 1. The van der Waals surface area contributed by atoms with E-state index in [1.54, 1.807) is 0 Å². The van der Waals surface area contributed by atoms with E-state index in [0.717, 1.165) is 64.2 Å². The van der Waals surface area contributed by atoms with Gasteiger partial charge in [-0.1, -0.05) is 26.7 Å². The van der Waals surface area contributed by atoms with Gasteiger partial charge in [-0.05, 0) is 81.4 Å². The molecule has 2 aromatic carbocycles. The second-order valence-corrected chi connectivity index (χ2v) is 11.5. The molecule has 0 saturated heterocycles. The smallest absolute Gasteiger partial charge is 0.336 e. The Balaban J connectivity index is 1.68. The van der Waals surface area contributed by atoms with E-state index in [4.69, 9.17) is 10.7 Å². The highest BCUT2D eigenvalue weighted by Gasteiger charge is 2.29. The molecule has 0 aliphatic heterocycles. The fourth-order valence-corrected chi connectivity index (χ4v) is 6.72. The van der Waals surface area contributed by atoms with Crippen LogP contribution in [0.4, 0.5) is 0 Å². The third kappa shape index (κ3) is 5.21. The summed E-state index contributed by atoms with van der Waals surface area (Å²) in [6, 6.07) is 4.17. The number of hydrogen-bond donors (Lipinski definition) is 4. The van der Waals surface area contributed by atoms with Gasteiger partial charge in [0.25, 0.3) is 17.0 Å². The molecule has 2 aliphatic rings. The molecule has 6 rings (SSSR count). The minimum atomic E-state index is -1.29. The number of nitrogens with two attached hydrogens (primary N) is 1. The van der Waals surface area contributed by atoms with Crippen molar-refractivity contribution < 1.29 is 14.7 Å². The van der Waals surface area contributed by atoms with Crippen molar-refractivity contribution in [2.45, 2.75) is 90.1 Å². The Hall–Kier alpha value is -3.75. The monoisotopic (exact) mass is 546 g/mol. The van der Waals surface area contributed by atoms with Crippen LogP contribution in [-0.4, -0.2) is 39.9 Å². The van der Waals surface area contributed by atoms with Crippen molar-refractivity contribution in [2.24, 2.45) is 22.6 Å². The molecule has 4 aromatic rings. The zero-order valence-corrected chi connectivity index (χ0v) is 23.2. The summed E-state index contributed by atoms with van der Waals surface area (Å²) >= 11 is 0. The number of hydrogen-bond acceptors (Lipinski definition) is 5. The van der Waals surface area contributed by atoms with Gasteiger partial charge in [0.15, 0.2) is 0 Å². The highest BCUT2D eigenvalue weighted by Crippen LogP contribution is 2.34. The number of aromatic carboxylic acids is 1. The number of aliphatic imine (C=N–C) groups is 1. The lowest BCUT2D eigenvalue weighted by molar-refractivity contribution is 0.0697. The molecule has 2 aliphatic carbocycles. The molecule has 1 amide bonds. The zero-order valence-electron chi connectivity index (χ0n) is 23.2. The molecule has 212 valence electrons. The molecule has 0 atom stereocenters. The number of aromatic nitrogens is 1. The molecule has 0 radical (unpaired) electrons. The summed E-state index contributed by atoms with van der Waals surface area (Å²) < 4.78 is 0. The molecule has 2 aromatic heterocycles. The number of carbonyl (C=O) groups is 2. The summed E-state index contributed by atoms with van der Waals surface area (Å²) in [6.45, 7) is 4.34. The molecular formula is C31H38N4O5. The van der Waals surface area contributed by atoms with Gasteiger partial charge in [-0.15, -0.1) is 0 Å². The topological polar surface area (TPSA) is 155 Å². The summed E-state index contributed by atoms with van der Waals surface area (Å²) in [7, 11) is 0. The van der Waals surface area contributed by atoms with Crippen LogP contribution < -0.4 is 22.2 Å². The second kappa shape index (κ2) is 11.4. The van der Waals surface area contributed by atoms with Gasteiger partial charge in [-0.25, -0.2) is 4.79 Å². The molecule has 5 N–H and O–H groups in total. The van der Waals surface area contributed by atoms with Crippen molar-refractivity contribution in [1.29, 1.82) is 0 Å². The standard InChI is InChI=1S/C31H38N4O5/c1-3-16-5-9-18(10-6-16)33-27(32)26-23(31(39)40)15-22(30(38)34-19-11-7-17(4-2)8-12-19)24-20-13-14-21(25(24)26)29(37)35-28(20)36/h13-19H,3-12H2,1-2H3,(H2,32,33)(H,34,38)(H,39,40)(H,35,36,37). The largest absolute Gasteiger partial charge is 0.478 e. The van der Waals surface area contributed by atoms with Crippen molar-refractivity contribution in [3.05, 3.63) is 55.6 Å². The van der Waals surface area contributed by atoms with Crippen LogP contribution in [0.25, 0.3) is 21.5 Å². The van der Waals surface area contributed by atoms with Crippen LogP contribution >= 0.6 is 0 Å². The first-order chi connectivity index (χ1) is 19.2. The van der Waals surface area contributed by atoms with Gasteiger partial charge in [0.05, 0.1) is 11.6 Å². The fraction of sp³-hybridized carbons (Fsp3) is 0.516. The number of nitrogens with zero attached hydrogens (tertiary/aromatic N) is 1. The lowest BCUT2D eigenvalue weighted by atomic mass is 9.84. The SMILES string of the molecule is CCC1CCC(N=C(N)c2c(C(=O)O)cc(C(=O)NC3CCC(CC)CC3)c3c4ccc(c(=O)[nH]c4=O)c23)CC1. The van der Waals surface area contributed by atoms with Crippen LogP contribution in [0.3, 0.4) is 0 Å². The first-order valence-corrected chi connectivity index (χ1v) is 14.6. The molecule has 9 heteroatoms. The number of carboxylic acids is 1. The van der Waals surface area contributed by atoms with E-state index in [1.165, 1.54) is 18.2 Å². The van der Waals surface area contributed by atoms with E-state index in [1.807, 2.05) is 0 Å². The third-order valence-corrected chi connectivity index (χ3v) is 9.20. The average Bonchev–Trinajstić information content (AvgIpc) is 3.16.